The fourth-order valence-corrected chi connectivity index (χ4v) is 3.10. The zero-order chi connectivity index (χ0) is 19.0. The van der Waals surface area contributed by atoms with Crippen molar-refractivity contribution in [1.82, 2.24) is 9.55 Å². The highest BCUT2D eigenvalue weighted by Gasteiger charge is 2.17. The van der Waals surface area contributed by atoms with E-state index in [1.807, 2.05) is 74.1 Å². The molecule has 0 aliphatic heterocycles. The molecule has 0 saturated carbocycles. The second-order valence-electron chi connectivity index (χ2n) is 7.44. The molecule has 4 aromatic rings. The number of anilines is 1. The average Bonchev–Trinajstić information content (AvgIpc) is 3.04. The van der Waals surface area contributed by atoms with Crippen molar-refractivity contribution in [3.05, 3.63) is 67.0 Å². The Bertz CT molecular complexity index is 1140. The molecule has 0 spiro atoms. The van der Waals surface area contributed by atoms with Crippen molar-refractivity contribution in [2.24, 2.45) is 0 Å². The SMILES string of the molecule is CC(C)(C)OC(=O)Nc1cccc2cnc(-n3ccc4ccccc43)cc12. The number of nitrogens with one attached hydrogen (secondary N) is 1. The first kappa shape index (κ1) is 17.1. The summed E-state index contributed by atoms with van der Waals surface area (Å²) in [5.41, 5.74) is 1.23. The highest BCUT2D eigenvalue weighted by Crippen LogP contribution is 2.27. The number of hydrogen-bond donors (Lipinski definition) is 1. The van der Waals surface area contributed by atoms with Gasteiger partial charge in [0.1, 0.15) is 11.4 Å². The van der Waals surface area contributed by atoms with Gasteiger partial charge in [0.2, 0.25) is 0 Å². The molecule has 0 aliphatic rings. The number of carbonyl (C=O) groups is 1. The van der Waals surface area contributed by atoms with E-state index in [1.54, 1.807) is 0 Å². The minimum absolute atomic E-state index is 0.472. The number of ether oxygens (including phenoxy) is 1. The summed E-state index contributed by atoms with van der Waals surface area (Å²) in [5, 5.41) is 5.86. The van der Waals surface area contributed by atoms with Crippen molar-refractivity contribution in [3.63, 3.8) is 0 Å². The number of pyridine rings is 1. The number of nitrogens with zero attached hydrogens (tertiary/aromatic N) is 2. The molecule has 0 atom stereocenters. The summed E-state index contributed by atoms with van der Waals surface area (Å²) in [4.78, 5) is 16.8. The molecule has 0 radical (unpaired) electrons. The minimum atomic E-state index is -0.550. The van der Waals surface area contributed by atoms with Crippen LogP contribution in [0, 0.1) is 0 Å². The van der Waals surface area contributed by atoms with Gasteiger partial charge in [0.25, 0.3) is 0 Å². The number of hydrogen-bond acceptors (Lipinski definition) is 3. The van der Waals surface area contributed by atoms with Gasteiger partial charge >= 0.3 is 6.09 Å². The first-order valence-electron chi connectivity index (χ1n) is 8.86. The Morgan fingerprint density at radius 3 is 2.63 bits per heavy atom. The normalized spacial score (nSPS) is 11.7. The van der Waals surface area contributed by atoms with Crippen LogP contribution in [0.15, 0.2) is 67.0 Å². The third kappa shape index (κ3) is 3.49. The molecule has 4 rings (SSSR count). The van der Waals surface area contributed by atoms with Crippen LogP contribution < -0.4 is 5.32 Å². The molecule has 0 unspecified atom stereocenters. The van der Waals surface area contributed by atoms with Crippen LogP contribution in [0.1, 0.15) is 20.8 Å². The van der Waals surface area contributed by atoms with E-state index in [0.29, 0.717) is 5.69 Å². The first-order valence-corrected chi connectivity index (χ1v) is 8.86. The molecule has 2 heterocycles. The Morgan fingerprint density at radius 1 is 1.04 bits per heavy atom. The lowest BCUT2D eigenvalue weighted by Crippen LogP contribution is -2.27. The molecular formula is C22H21N3O2. The third-order valence-electron chi connectivity index (χ3n) is 4.23. The molecule has 0 saturated heterocycles. The first-order chi connectivity index (χ1) is 12.9. The smallest absolute Gasteiger partial charge is 0.412 e. The number of aromatic nitrogens is 2. The number of fused-ring (bicyclic) bond motifs is 2. The minimum Gasteiger partial charge on any atom is -0.444 e. The lowest BCUT2D eigenvalue weighted by atomic mass is 10.1. The van der Waals surface area contributed by atoms with E-state index in [-0.39, 0.29) is 0 Å². The summed E-state index contributed by atoms with van der Waals surface area (Å²) < 4.78 is 7.42. The van der Waals surface area contributed by atoms with Gasteiger partial charge in [-0.25, -0.2) is 9.78 Å². The molecule has 5 heteroatoms. The van der Waals surface area contributed by atoms with Gasteiger partial charge in [0.15, 0.2) is 0 Å². The molecule has 0 bridgehead atoms. The van der Waals surface area contributed by atoms with Crippen molar-refractivity contribution in [3.8, 4) is 5.82 Å². The van der Waals surface area contributed by atoms with Gasteiger partial charge in [-0.15, -0.1) is 0 Å². The Hall–Kier alpha value is -3.34. The summed E-state index contributed by atoms with van der Waals surface area (Å²) in [6, 6.07) is 17.9. The lowest BCUT2D eigenvalue weighted by Gasteiger charge is -2.20. The van der Waals surface area contributed by atoms with Gasteiger partial charge in [-0.3, -0.25) is 5.32 Å². The van der Waals surface area contributed by atoms with Crippen molar-refractivity contribution in [2.75, 3.05) is 5.32 Å². The van der Waals surface area contributed by atoms with Crippen molar-refractivity contribution < 1.29 is 9.53 Å². The summed E-state index contributed by atoms with van der Waals surface area (Å²) >= 11 is 0. The summed E-state index contributed by atoms with van der Waals surface area (Å²) in [7, 11) is 0. The quantitative estimate of drug-likeness (QED) is 0.512. The molecule has 27 heavy (non-hydrogen) atoms. The monoisotopic (exact) mass is 359 g/mol. The Labute approximate surface area is 157 Å². The van der Waals surface area contributed by atoms with Crippen LogP contribution >= 0.6 is 0 Å². The van der Waals surface area contributed by atoms with Crippen molar-refractivity contribution in [2.45, 2.75) is 26.4 Å². The van der Waals surface area contributed by atoms with Crippen molar-refractivity contribution >= 4 is 33.5 Å². The zero-order valence-corrected chi connectivity index (χ0v) is 15.6. The fourth-order valence-electron chi connectivity index (χ4n) is 3.10. The zero-order valence-electron chi connectivity index (χ0n) is 15.6. The lowest BCUT2D eigenvalue weighted by molar-refractivity contribution is 0.0636. The van der Waals surface area contributed by atoms with Gasteiger partial charge in [-0.2, -0.15) is 0 Å². The van der Waals surface area contributed by atoms with E-state index in [0.717, 1.165) is 27.5 Å². The van der Waals surface area contributed by atoms with Crippen LogP contribution in [0.3, 0.4) is 0 Å². The number of para-hydroxylation sites is 1. The maximum absolute atomic E-state index is 12.2. The molecule has 5 nitrogen and oxygen atoms in total. The summed E-state index contributed by atoms with van der Waals surface area (Å²) in [6.07, 6.45) is 3.35. The van der Waals surface area contributed by atoms with E-state index in [1.165, 1.54) is 0 Å². The van der Waals surface area contributed by atoms with Crippen LogP contribution in [0.25, 0.3) is 27.5 Å². The van der Waals surface area contributed by atoms with Crippen LogP contribution in [0.2, 0.25) is 0 Å². The molecule has 0 aliphatic carbocycles. The number of carbonyl (C=O) groups excluding carboxylic acids is 1. The Balaban J connectivity index is 1.76. The van der Waals surface area contributed by atoms with Gasteiger partial charge in [0, 0.05) is 23.2 Å². The molecule has 0 fully saturated rings. The number of rotatable bonds is 2. The van der Waals surface area contributed by atoms with Gasteiger partial charge in [-0.1, -0.05) is 30.3 Å². The predicted molar refractivity (Wildman–Crippen MR) is 108 cm³/mol. The highest BCUT2D eigenvalue weighted by atomic mass is 16.6. The maximum atomic E-state index is 12.2. The molecular weight excluding hydrogens is 338 g/mol. The van der Waals surface area contributed by atoms with Gasteiger partial charge in [-0.05, 0) is 50.4 Å². The van der Waals surface area contributed by atoms with Gasteiger partial charge in [0.05, 0.1) is 11.2 Å². The predicted octanol–water partition coefficient (Wildman–Crippen LogP) is 5.53. The summed E-state index contributed by atoms with van der Waals surface area (Å²) in [5.74, 6) is 0.794. The van der Waals surface area contributed by atoms with Crippen molar-refractivity contribution in [1.29, 1.82) is 0 Å². The number of benzene rings is 2. The van der Waals surface area contributed by atoms with E-state index >= 15 is 0 Å². The third-order valence-corrected chi connectivity index (χ3v) is 4.23. The second-order valence-corrected chi connectivity index (χ2v) is 7.44. The summed E-state index contributed by atoms with van der Waals surface area (Å²) in [6.45, 7) is 5.53. The van der Waals surface area contributed by atoms with Crippen LogP contribution in [-0.2, 0) is 4.74 Å². The van der Waals surface area contributed by atoms with Crippen LogP contribution in [-0.4, -0.2) is 21.2 Å². The largest absolute Gasteiger partial charge is 0.444 e. The number of amides is 1. The molecule has 1 N–H and O–H groups in total. The standard InChI is InChI=1S/C22H21N3O2/c1-22(2,3)27-21(26)24-18-9-6-8-16-14-23-20(13-17(16)18)25-12-11-15-7-4-5-10-19(15)25/h4-14H,1-3H3,(H,24,26). The fraction of sp³-hybridized carbons (Fsp3) is 0.182. The molecule has 2 aromatic heterocycles. The molecule has 2 aromatic carbocycles. The van der Waals surface area contributed by atoms with E-state index in [2.05, 4.69) is 28.5 Å². The molecule has 136 valence electrons. The van der Waals surface area contributed by atoms with Gasteiger partial charge < -0.3 is 9.30 Å². The van der Waals surface area contributed by atoms with E-state index in [4.69, 9.17) is 4.74 Å². The van der Waals surface area contributed by atoms with Crippen LogP contribution in [0.4, 0.5) is 10.5 Å². The van der Waals surface area contributed by atoms with Crippen LogP contribution in [0.5, 0.6) is 0 Å². The topological polar surface area (TPSA) is 56.1 Å². The highest BCUT2D eigenvalue weighted by molar-refractivity contribution is 6.00. The van der Waals surface area contributed by atoms with E-state index in [9.17, 15) is 4.79 Å². The Morgan fingerprint density at radius 2 is 1.81 bits per heavy atom. The second kappa shape index (κ2) is 6.43. The maximum Gasteiger partial charge on any atom is 0.412 e. The average molecular weight is 359 g/mol. The Kier molecular flexibility index (Phi) is 4.07. The molecule has 1 amide bonds. The van der Waals surface area contributed by atoms with E-state index < -0.39 is 11.7 Å².